The minimum absolute atomic E-state index is 0.364. The first-order valence-corrected chi connectivity index (χ1v) is 7.94. The molecule has 4 nitrogen and oxygen atoms in total. The molecule has 1 atom stereocenters. The molecule has 1 aromatic rings. The molecule has 0 aromatic heterocycles. The summed E-state index contributed by atoms with van der Waals surface area (Å²) >= 11 is 6.59. The van der Waals surface area contributed by atoms with Crippen LogP contribution < -0.4 is 10.2 Å². The number of aryl methyl sites for hydroxylation is 1. The summed E-state index contributed by atoms with van der Waals surface area (Å²) in [7, 11) is 0. The van der Waals surface area contributed by atoms with Gasteiger partial charge in [-0.15, -0.1) is 0 Å². The van der Waals surface area contributed by atoms with Gasteiger partial charge in [-0.2, -0.15) is 0 Å². The van der Waals surface area contributed by atoms with Crippen molar-refractivity contribution < 1.29 is 9.90 Å². The van der Waals surface area contributed by atoms with E-state index in [0.717, 1.165) is 43.5 Å². The van der Waals surface area contributed by atoms with Crippen LogP contribution in [0.3, 0.4) is 0 Å². The van der Waals surface area contributed by atoms with E-state index in [1.54, 1.807) is 0 Å². The van der Waals surface area contributed by atoms with Crippen LogP contribution in [0.2, 0.25) is 5.02 Å². The van der Waals surface area contributed by atoms with Crippen molar-refractivity contribution in [3.63, 3.8) is 0 Å². The zero-order valence-electron chi connectivity index (χ0n) is 12.7. The number of halogens is 1. The largest absolute Gasteiger partial charge is 0.465 e. The maximum atomic E-state index is 11.5. The van der Waals surface area contributed by atoms with Crippen molar-refractivity contribution in [3.8, 4) is 0 Å². The van der Waals surface area contributed by atoms with Crippen LogP contribution in [0.25, 0.3) is 0 Å². The van der Waals surface area contributed by atoms with Crippen molar-refractivity contribution in [1.82, 2.24) is 5.32 Å². The fourth-order valence-corrected chi connectivity index (χ4v) is 3.44. The predicted molar refractivity (Wildman–Crippen MR) is 86.7 cm³/mol. The molecule has 1 unspecified atom stereocenters. The minimum Gasteiger partial charge on any atom is -0.465 e. The Morgan fingerprint density at radius 3 is 2.86 bits per heavy atom. The fraction of sp³-hybridized carbons (Fsp3) is 0.562. The highest BCUT2D eigenvalue weighted by molar-refractivity contribution is 6.34. The molecule has 0 radical (unpaired) electrons. The van der Waals surface area contributed by atoms with Gasteiger partial charge in [0.05, 0.1) is 10.7 Å². The van der Waals surface area contributed by atoms with Gasteiger partial charge in [-0.05, 0) is 49.8 Å². The molecule has 21 heavy (non-hydrogen) atoms. The van der Waals surface area contributed by atoms with E-state index in [-0.39, 0.29) is 0 Å². The van der Waals surface area contributed by atoms with Crippen molar-refractivity contribution in [1.29, 1.82) is 0 Å². The van der Waals surface area contributed by atoms with Crippen LogP contribution in [0.4, 0.5) is 10.5 Å². The molecule has 2 N–H and O–H groups in total. The quantitative estimate of drug-likeness (QED) is 0.883. The van der Waals surface area contributed by atoms with Gasteiger partial charge in [0.2, 0.25) is 0 Å². The van der Waals surface area contributed by atoms with E-state index in [1.165, 1.54) is 4.90 Å². The molecule has 0 aliphatic carbocycles. The van der Waals surface area contributed by atoms with E-state index >= 15 is 0 Å². The van der Waals surface area contributed by atoms with Gasteiger partial charge >= 0.3 is 6.09 Å². The van der Waals surface area contributed by atoms with E-state index in [4.69, 9.17) is 11.6 Å². The number of hydrogen-bond acceptors (Lipinski definition) is 2. The Balaban J connectivity index is 2.42. The van der Waals surface area contributed by atoms with Crippen molar-refractivity contribution >= 4 is 23.4 Å². The number of hydrogen-bond donors (Lipinski definition) is 2. The maximum absolute atomic E-state index is 11.5. The van der Waals surface area contributed by atoms with Crippen molar-refractivity contribution in [2.24, 2.45) is 0 Å². The molecule has 2 rings (SSSR count). The first-order valence-electron chi connectivity index (χ1n) is 7.56. The molecular weight excluding hydrogens is 288 g/mol. The van der Waals surface area contributed by atoms with Crippen LogP contribution in [0.15, 0.2) is 12.1 Å². The lowest BCUT2D eigenvalue weighted by Gasteiger charge is -2.28. The molecule has 1 aliphatic rings. The summed E-state index contributed by atoms with van der Waals surface area (Å²) < 4.78 is 0. The number of piperidine rings is 1. The Bertz CT molecular complexity index is 513. The van der Waals surface area contributed by atoms with Crippen molar-refractivity contribution in [2.75, 3.05) is 24.5 Å². The monoisotopic (exact) mass is 310 g/mol. The molecule has 1 saturated heterocycles. The third-order valence-corrected chi connectivity index (χ3v) is 4.43. The van der Waals surface area contributed by atoms with Gasteiger partial charge in [0.25, 0.3) is 0 Å². The number of amides is 1. The normalized spacial score (nSPS) is 18.5. The third kappa shape index (κ3) is 3.50. The Morgan fingerprint density at radius 1 is 1.52 bits per heavy atom. The van der Waals surface area contributed by atoms with Crippen LogP contribution in [0.1, 0.15) is 43.2 Å². The molecule has 1 aromatic carbocycles. The molecule has 0 saturated carbocycles. The van der Waals surface area contributed by atoms with E-state index in [0.29, 0.717) is 23.2 Å². The summed E-state index contributed by atoms with van der Waals surface area (Å²) in [5.41, 5.74) is 2.62. The van der Waals surface area contributed by atoms with Gasteiger partial charge in [0.15, 0.2) is 0 Å². The van der Waals surface area contributed by atoms with E-state index in [1.807, 2.05) is 26.0 Å². The molecule has 1 fully saturated rings. The third-order valence-electron chi connectivity index (χ3n) is 4.03. The van der Waals surface area contributed by atoms with Crippen LogP contribution in [0.5, 0.6) is 0 Å². The highest BCUT2D eigenvalue weighted by atomic mass is 35.5. The van der Waals surface area contributed by atoms with Crippen molar-refractivity contribution in [3.05, 3.63) is 28.3 Å². The van der Waals surface area contributed by atoms with Crippen molar-refractivity contribution in [2.45, 2.75) is 39.0 Å². The lowest BCUT2D eigenvalue weighted by Crippen LogP contribution is -2.32. The Labute approximate surface area is 131 Å². The van der Waals surface area contributed by atoms with E-state index in [9.17, 15) is 9.90 Å². The van der Waals surface area contributed by atoms with Gasteiger partial charge < -0.3 is 10.4 Å². The SMILES string of the molecule is CCCN(C(=O)O)c1c(C)ccc(C2CCCNC2)c1Cl. The second-order valence-corrected chi connectivity index (χ2v) is 5.99. The van der Waals surface area contributed by atoms with Gasteiger partial charge in [-0.25, -0.2) is 4.79 Å². The zero-order valence-corrected chi connectivity index (χ0v) is 13.4. The van der Waals surface area contributed by atoms with Crippen LogP contribution >= 0.6 is 11.6 Å². The summed E-state index contributed by atoms with van der Waals surface area (Å²) in [6.07, 6.45) is 2.04. The highest BCUT2D eigenvalue weighted by Crippen LogP contribution is 2.38. The van der Waals surface area contributed by atoms with Gasteiger partial charge in [0.1, 0.15) is 0 Å². The number of nitrogens with one attached hydrogen (secondary N) is 1. The molecule has 1 heterocycles. The second kappa shape index (κ2) is 7.14. The Morgan fingerprint density at radius 2 is 2.29 bits per heavy atom. The number of anilines is 1. The van der Waals surface area contributed by atoms with Gasteiger partial charge in [-0.1, -0.05) is 30.7 Å². The summed E-state index contributed by atoms with van der Waals surface area (Å²) in [5, 5.41) is 13.4. The fourth-order valence-electron chi connectivity index (χ4n) is 2.97. The zero-order chi connectivity index (χ0) is 15.4. The minimum atomic E-state index is -0.944. The first-order chi connectivity index (χ1) is 10.1. The Hall–Kier alpha value is -1.26. The maximum Gasteiger partial charge on any atom is 0.411 e. The van der Waals surface area contributed by atoms with Crippen LogP contribution in [-0.4, -0.2) is 30.8 Å². The molecule has 0 bridgehead atoms. The van der Waals surface area contributed by atoms with Crippen LogP contribution in [-0.2, 0) is 0 Å². The second-order valence-electron chi connectivity index (χ2n) is 5.61. The highest BCUT2D eigenvalue weighted by Gasteiger charge is 2.24. The van der Waals surface area contributed by atoms with Gasteiger partial charge in [-0.3, -0.25) is 4.90 Å². The van der Waals surface area contributed by atoms with Crippen LogP contribution in [0, 0.1) is 6.92 Å². The summed E-state index contributed by atoms with van der Waals surface area (Å²) in [6.45, 7) is 6.29. The molecule has 1 amide bonds. The molecule has 0 spiro atoms. The smallest absolute Gasteiger partial charge is 0.411 e. The average molecular weight is 311 g/mol. The number of nitrogens with zero attached hydrogens (tertiary/aromatic N) is 1. The predicted octanol–water partition coefficient (Wildman–Crippen LogP) is 4.01. The summed E-state index contributed by atoms with van der Waals surface area (Å²) in [4.78, 5) is 12.9. The molecular formula is C16H23ClN2O2. The standard InChI is InChI=1S/C16H23ClN2O2/c1-3-9-19(16(20)21)15-11(2)6-7-13(14(15)17)12-5-4-8-18-10-12/h6-7,12,18H,3-5,8-10H2,1-2H3,(H,20,21). The number of rotatable bonds is 4. The average Bonchev–Trinajstić information content (AvgIpc) is 2.47. The summed E-state index contributed by atoms with van der Waals surface area (Å²) in [5.74, 6) is 0.364. The summed E-state index contributed by atoms with van der Waals surface area (Å²) in [6, 6.07) is 4.03. The number of carbonyl (C=O) groups is 1. The molecule has 116 valence electrons. The lowest BCUT2D eigenvalue weighted by molar-refractivity contribution is 0.201. The number of carboxylic acid groups (broad SMARTS) is 1. The topological polar surface area (TPSA) is 52.6 Å². The number of benzene rings is 1. The lowest BCUT2D eigenvalue weighted by atomic mass is 9.90. The van der Waals surface area contributed by atoms with E-state index < -0.39 is 6.09 Å². The first kappa shape index (κ1) is 16.1. The molecule has 5 heteroatoms. The Kier molecular flexibility index (Phi) is 5.48. The van der Waals surface area contributed by atoms with E-state index in [2.05, 4.69) is 5.32 Å². The molecule has 1 aliphatic heterocycles. The van der Waals surface area contributed by atoms with Gasteiger partial charge in [0, 0.05) is 13.1 Å².